The van der Waals surface area contributed by atoms with Gasteiger partial charge in [-0.1, -0.05) is 12.1 Å². The third kappa shape index (κ3) is 4.43. The summed E-state index contributed by atoms with van der Waals surface area (Å²) in [5, 5.41) is 9.66. The van der Waals surface area contributed by atoms with E-state index < -0.39 is 5.97 Å². The molecular formula is C21H20N2O5S. The Morgan fingerprint density at radius 3 is 2.59 bits per heavy atom. The SMILES string of the molecule is CCN1C(=O)/C(=C/c2ccc(OC)c(OC)c2)SC1=Nc1cccc(C(=O)O)c1. The first-order valence-corrected chi connectivity index (χ1v) is 9.64. The molecule has 0 aromatic heterocycles. The van der Waals surface area contributed by atoms with E-state index in [1.54, 1.807) is 49.5 Å². The summed E-state index contributed by atoms with van der Waals surface area (Å²) in [4.78, 5) is 30.5. The summed E-state index contributed by atoms with van der Waals surface area (Å²) in [7, 11) is 3.12. The number of nitrogens with zero attached hydrogens (tertiary/aromatic N) is 2. The Bertz CT molecular complexity index is 1020. The fourth-order valence-electron chi connectivity index (χ4n) is 2.78. The molecule has 1 heterocycles. The molecule has 0 saturated carbocycles. The van der Waals surface area contributed by atoms with Gasteiger partial charge in [0, 0.05) is 6.54 Å². The quantitative estimate of drug-likeness (QED) is 0.721. The number of rotatable bonds is 6. The van der Waals surface area contributed by atoms with Crippen molar-refractivity contribution in [1.29, 1.82) is 0 Å². The second kappa shape index (κ2) is 8.83. The molecule has 1 N–H and O–H groups in total. The fourth-order valence-corrected chi connectivity index (χ4v) is 3.85. The number of methoxy groups -OCH3 is 2. The van der Waals surface area contributed by atoms with Crippen LogP contribution >= 0.6 is 11.8 Å². The summed E-state index contributed by atoms with van der Waals surface area (Å²) in [5.74, 6) is 0.00355. The number of benzene rings is 2. The monoisotopic (exact) mass is 412 g/mol. The topological polar surface area (TPSA) is 88.4 Å². The van der Waals surface area contributed by atoms with Gasteiger partial charge in [-0.25, -0.2) is 9.79 Å². The second-order valence-corrected chi connectivity index (χ2v) is 7.03. The minimum atomic E-state index is -1.02. The number of ether oxygens (including phenoxy) is 2. The predicted molar refractivity (Wildman–Crippen MR) is 113 cm³/mol. The number of hydrogen-bond acceptors (Lipinski definition) is 6. The smallest absolute Gasteiger partial charge is 0.335 e. The van der Waals surface area contributed by atoms with Crippen LogP contribution in [0.2, 0.25) is 0 Å². The van der Waals surface area contributed by atoms with Crippen molar-refractivity contribution in [2.45, 2.75) is 6.92 Å². The molecule has 1 amide bonds. The lowest BCUT2D eigenvalue weighted by Crippen LogP contribution is -2.28. The first-order valence-electron chi connectivity index (χ1n) is 8.82. The van der Waals surface area contributed by atoms with Crippen molar-refractivity contribution >= 4 is 40.6 Å². The van der Waals surface area contributed by atoms with Gasteiger partial charge in [0.25, 0.3) is 5.91 Å². The molecule has 0 atom stereocenters. The lowest BCUT2D eigenvalue weighted by Gasteiger charge is -2.12. The fraction of sp³-hybridized carbons (Fsp3) is 0.190. The van der Waals surface area contributed by atoms with Gasteiger partial charge < -0.3 is 14.6 Å². The number of aliphatic imine (C=N–C) groups is 1. The van der Waals surface area contributed by atoms with E-state index in [1.165, 1.54) is 23.9 Å². The normalized spacial score (nSPS) is 16.5. The predicted octanol–water partition coefficient (Wildman–Crippen LogP) is 4.03. The molecule has 0 bridgehead atoms. The van der Waals surface area contributed by atoms with Gasteiger partial charge in [-0.15, -0.1) is 0 Å². The van der Waals surface area contributed by atoms with Gasteiger partial charge >= 0.3 is 5.97 Å². The molecule has 3 rings (SSSR count). The Morgan fingerprint density at radius 2 is 1.93 bits per heavy atom. The van der Waals surface area contributed by atoms with E-state index in [-0.39, 0.29) is 11.5 Å². The first kappa shape index (κ1) is 20.5. The number of carboxylic acids is 1. The van der Waals surface area contributed by atoms with E-state index in [0.29, 0.717) is 33.8 Å². The summed E-state index contributed by atoms with van der Waals surface area (Å²) in [6.45, 7) is 2.31. The van der Waals surface area contributed by atoms with Crippen molar-refractivity contribution in [3.8, 4) is 11.5 Å². The molecule has 1 fully saturated rings. The van der Waals surface area contributed by atoms with Crippen LogP contribution in [0.15, 0.2) is 52.4 Å². The third-order valence-corrected chi connectivity index (χ3v) is 5.23. The summed E-state index contributed by atoms with van der Waals surface area (Å²) in [6.07, 6.45) is 1.77. The molecule has 29 heavy (non-hydrogen) atoms. The van der Waals surface area contributed by atoms with E-state index in [1.807, 2.05) is 13.0 Å². The van der Waals surface area contributed by atoms with E-state index in [4.69, 9.17) is 14.6 Å². The van der Waals surface area contributed by atoms with Crippen molar-refractivity contribution in [2.24, 2.45) is 4.99 Å². The van der Waals surface area contributed by atoms with E-state index in [0.717, 1.165) is 5.56 Å². The van der Waals surface area contributed by atoms with Crippen molar-refractivity contribution < 1.29 is 24.2 Å². The summed E-state index contributed by atoms with van der Waals surface area (Å²) < 4.78 is 10.6. The minimum absolute atomic E-state index is 0.144. The molecule has 1 aliphatic heterocycles. The van der Waals surface area contributed by atoms with Crippen molar-refractivity contribution in [3.63, 3.8) is 0 Å². The Labute approximate surface area is 172 Å². The summed E-state index contributed by atoms with van der Waals surface area (Å²) in [6, 6.07) is 11.7. The van der Waals surface area contributed by atoms with Gasteiger partial charge in [-0.05, 0) is 60.7 Å². The van der Waals surface area contributed by atoms with Crippen LogP contribution < -0.4 is 9.47 Å². The zero-order chi connectivity index (χ0) is 21.0. The minimum Gasteiger partial charge on any atom is -0.493 e. The van der Waals surface area contributed by atoms with Crippen molar-refractivity contribution in [1.82, 2.24) is 4.90 Å². The molecule has 2 aromatic carbocycles. The van der Waals surface area contributed by atoms with Crippen LogP contribution in [0.25, 0.3) is 6.08 Å². The highest BCUT2D eigenvalue weighted by Gasteiger charge is 2.32. The number of carboxylic acid groups (broad SMARTS) is 1. The Morgan fingerprint density at radius 1 is 1.17 bits per heavy atom. The standard InChI is InChI=1S/C21H20N2O5S/c1-4-23-19(24)18(11-13-8-9-16(27-2)17(10-13)28-3)29-21(23)22-15-7-5-6-14(12-15)20(25)26/h5-12H,4H2,1-3H3,(H,25,26)/b18-11-,22-21?. The maximum atomic E-state index is 12.8. The molecule has 0 unspecified atom stereocenters. The zero-order valence-corrected chi connectivity index (χ0v) is 17.0. The average molecular weight is 412 g/mol. The molecule has 0 aliphatic carbocycles. The highest BCUT2D eigenvalue weighted by molar-refractivity contribution is 8.18. The van der Waals surface area contributed by atoms with E-state index in [9.17, 15) is 9.59 Å². The van der Waals surface area contributed by atoms with Crippen LogP contribution in [0, 0.1) is 0 Å². The zero-order valence-electron chi connectivity index (χ0n) is 16.2. The number of hydrogen-bond donors (Lipinski definition) is 1. The molecule has 1 saturated heterocycles. The van der Waals surface area contributed by atoms with Crippen molar-refractivity contribution in [2.75, 3.05) is 20.8 Å². The number of aromatic carboxylic acids is 1. The lowest BCUT2D eigenvalue weighted by molar-refractivity contribution is -0.122. The van der Waals surface area contributed by atoms with Gasteiger partial charge in [0.1, 0.15) is 0 Å². The van der Waals surface area contributed by atoms with Gasteiger partial charge in [0.2, 0.25) is 0 Å². The van der Waals surface area contributed by atoms with Crippen molar-refractivity contribution in [3.05, 3.63) is 58.5 Å². The van der Waals surface area contributed by atoms with E-state index >= 15 is 0 Å². The Kier molecular flexibility index (Phi) is 6.23. The van der Waals surface area contributed by atoms with Crippen LogP contribution in [-0.2, 0) is 4.79 Å². The lowest BCUT2D eigenvalue weighted by atomic mass is 10.2. The molecule has 1 aliphatic rings. The molecular weight excluding hydrogens is 392 g/mol. The highest BCUT2D eigenvalue weighted by Crippen LogP contribution is 2.35. The molecule has 0 spiro atoms. The van der Waals surface area contributed by atoms with Gasteiger partial charge in [0.05, 0.1) is 30.4 Å². The third-order valence-electron chi connectivity index (χ3n) is 4.23. The summed E-state index contributed by atoms with van der Waals surface area (Å²) >= 11 is 1.25. The highest BCUT2D eigenvalue weighted by atomic mass is 32.2. The molecule has 150 valence electrons. The Hall–Kier alpha value is -3.26. The molecule has 0 radical (unpaired) electrons. The number of thioether (sulfide) groups is 1. The maximum Gasteiger partial charge on any atom is 0.335 e. The number of amides is 1. The van der Waals surface area contributed by atoms with Gasteiger partial charge in [-0.2, -0.15) is 0 Å². The van der Waals surface area contributed by atoms with Gasteiger partial charge in [0.15, 0.2) is 16.7 Å². The average Bonchev–Trinajstić information content (AvgIpc) is 3.01. The van der Waals surface area contributed by atoms with Crippen LogP contribution in [-0.4, -0.2) is 47.8 Å². The van der Waals surface area contributed by atoms with E-state index in [2.05, 4.69) is 4.99 Å². The number of carbonyl (C=O) groups excluding carboxylic acids is 1. The number of carbonyl (C=O) groups is 2. The van der Waals surface area contributed by atoms with Crippen LogP contribution in [0.5, 0.6) is 11.5 Å². The Balaban J connectivity index is 1.94. The van der Waals surface area contributed by atoms with Crippen LogP contribution in [0.4, 0.5) is 5.69 Å². The summed E-state index contributed by atoms with van der Waals surface area (Å²) in [5.41, 5.74) is 1.42. The molecule has 2 aromatic rings. The number of likely N-dealkylation sites (N-methyl/N-ethyl adjacent to an activating group) is 1. The second-order valence-electron chi connectivity index (χ2n) is 6.02. The van der Waals surface area contributed by atoms with Crippen LogP contribution in [0.3, 0.4) is 0 Å². The first-order chi connectivity index (χ1) is 14.0. The maximum absolute atomic E-state index is 12.8. The van der Waals surface area contributed by atoms with Crippen LogP contribution in [0.1, 0.15) is 22.8 Å². The molecule has 8 heteroatoms. The number of amidine groups is 1. The largest absolute Gasteiger partial charge is 0.493 e. The molecule has 7 nitrogen and oxygen atoms in total. The van der Waals surface area contributed by atoms with Gasteiger partial charge in [-0.3, -0.25) is 9.69 Å².